The van der Waals surface area contributed by atoms with Crippen molar-refractivity contribution < 1.29 is 9.59 Å². The highest BCUT2D eigenvalue weighted by Gasteiger charge is 2.31. The van der Waals surface area contributed by atoms with Crippen LogP contribution in [0.4, 0.5) is 5.69 Å². The number of halogens is 1. The highest BCUT2D eigenvalue weighted by molar-refractivity contribution is 5.97. The molecule has 150 valence electrons. The van der Waals surface area contributed by atoms with Crippen LogP contribution >= 0.6 is 12.4 Å². The number of anilines is 1. The van der Waals surface area contributed by atoms with Crippen molar-refractivity contribution in [3.05, 3.63) is 65.7 Å². The standard InChI is InChI=1S/C21H26N4O2.ClH/c1-24(2)21(27)16-9-6-10-17(11-16)23-20(26)14-25-12-18(19(22)13-25)15-7-4-3-5-8-15;/h3-11,18-19H,12-14,22H2,1-2H3,(H,23,26);1H/t18-,19+;/m0./s1. The van der Waals surface area contributed by atoms with Crippen molar-refractivity contribution in [3.8, 4) is 0 Å². The van der Waals surface area contributed by atoms with Gasteiger partial charge in [-0.2, -0.15) is 0 Å². The summed E-state index contributed by atoms with van der Waals surface area (Å²) in [5, 5.41) is 2.88. The van der Waals surface area contributed by atoms with E-state index in [1.165, 1.54) is 10.5 Å². The molecule has 1 saturated heterocycles. The molecule has 0 unspecified atom stereocenters. The molecule has 3 rings (SSSR count). The molecule has 0 spiro atoms. The molecule has 1 aliphatic heterocycles. The van der Waals surface area contributed by atoms with Crippen LogP contribution in [0.5, 0.6) is 0 Å². The Morgan fingerprint density at radius 2 is 1.82 bits per heavy atom. The van der Waals surface area contributed by atoms with Gasteiger partial charge in [-0.1, -0.05) is 36.4 Å². The molecule has 0 bridgehead atoms. The third kappa shape index (κ3) is 5.32. The summed E-state index contributed by atoms with van der Waals surface area (Å²) in [6, 6.07) is 17.2. The molecular formula is C21H27ClN4O2. The van der Waals surface area contributed by atoms with Gasteiger partial charge in [0.25, 0.3) is 5.91 Å². The lowest BCUT2D eigenvalue weighted by Gasteiger charge is -2.16. The van der Waals surface area contributed by atoms with Crippen LogP contribution in [0, 0.1) is 0 Å². The first-order valence-corrected chi connectivity index (χ1v) is 9.08. The van der Waals surface area contributed by atoms with Crippen molar-refractivity contribution in [1.82, 2.24) is 9.80 Å². The van der Waals surface area contributed by atoms with Gasteiger partial charge in [-0.25, -0.2) is 0 Å². The van der Waals surface area contributed by atoms with Crippen LogP contribution < -0.4 is 11.1 Å². The second-order valence-corrected chi connectivity index (χ2v) is 7.20. The first kappa shape index (κ1) is 21.9. The van der Waals surface area contributed by atoms with E-state index in [0.29, 0.717) is 17.8 Å². The van der Waals surface area contributed by atoms with Crippen molar-refractivity contribution >= 4 is 29.9 Å². The largest absolute Gasteiger partial charge is 0.345 e. The number of nitrogens with zero attached hydrogens (tertiary/aromatic N) is 2. The van der Waals surface area contributed by atoms with Crippen LogP contribution in [0.3, 0.4) is 0 Å². The quantitative estimate of drug-likeness (QED) is 0.803. The van der Waals surface area contributed by atoms with Gasteiger partial charge in [0.1, 0.15) is 0 Å². The number of carbonyl (C=O) groups is 2. The monoisotopic (exact) mass is 402 g/mol. The summed E-state index contributed by atoms with van der Waals surface area (Å²) in [7, 11) is 3.40. The predicted octanol–water partition coefficient (Wildman–Crippen LogP) is 2.18. The SMILES string of the molecule is CN(C)C(=O)c1cccc(NC(=O)CN2C[C@@H](N)[C@H](c3ccccc3)C2)c1.Cl. The number of amides is 2. The summed E-state index contributed by atoms with van der Waals surface area (Å²) in [6.45, 7) is 1.73. The number of likely N-dealkylation sites (tertiary alicyclic amines) is 1. The summed E-state index contributed by atoms with van der Waals surface area (Å²) in [5.41, 5.74) is 8.67. The van der Waals surface area contributed by atoms with E-state index in [4.69, 9.17) is 5.73 Å². The fraction of sp³-hybridized carbons (Fsp3) is 0.333. The fourth-order valence-electron chi connectivity index (χ4n) is 3.49. The van der Waals surface area contributed by atoms with Crippen LogP contribution in [0.15, 0.2) is 54.6 Å². The minimum absolute atomic E-state index is 0. The van der Waals surface area contributed by atoms with Crippen LogP contribution in [0.25, 0.3) is 0 Å². The van der Waals surface area contributed by atoms with E-state index in [-0.39, 0.29) is 42.7 Å². The van der Waals surface area contributed by atoms with Gasteiger partial charge in [0, 0.05) is 50.4 Å². The summed E-state index contributed by atoms with van der Waals surface area (Å²) < 4.78 is 0. The molecule has 1 heterocycles. The van der Waals surface area contributed by atoms with Crippen molar-refractivity contribution in [3.63, 3.8) is 0 Å². The van der Waals surface area contributed by atoms with Gasteiger partial charge in [0.15, 0.2) is 0 Å². The molecule has 7 heteroatoms. The van der Waals surface area contributed by atoms with Gasteiger partial charge < -0.3 is 16.0 Å². The molecule has 3 N–H and O–H groups in total. The molecule has 6 nitrogen and oxygen atoms in total. The van der Waals surface area contributed by atoms with E-state index < -0.39 is 0 Å². The average molecular weight is 403 g/mol. The topological polar surface area (TPSA) is 78.7 Å². The summed E-state index contributed by atoms with van der Waals surface area (Å²) in [5.74, 6) is 0.0349. The maximum Gasteiger partial charge on any atom is 0.253 e. The zero-order valence-corrected chi connectivity index (χ0v) is 17.0. The second kappa shape index (κ2) is 9.68. The van der Waals surface area contributed by atoms with Crippen molar-refractivity contribution in [1.29, 1.82) is 0 Å². The molecular weight excluding hydrogens is 376 g/mol. The third-order valence-electron chi connectivity index (χ3n) is 4.84. The number of hydrogen-bond acceptors (Lipinski definition) is 4. The van der Waals surface area contributed by atoms with E-state index in [1.54, 1.807) is 38.4 Å². The van der Waals surface area contributed by atoms with Crippen LogP contribution in [0.2, 0.25) is 0 Å². The van der Waals surface area contributed by atoms with Gasteiger partial charge in [-0.15, -0.1) is 12.4 Å². The fourth-order valence-corrected chi connectivity index (χ4v) is 3.49. The number of hydrogen-bond donors (Lipinski definition) is 2. The number of nitrogens with one attached hydrogen (secondary N) is 1. The molecule has 2 amide bonds. The Kier molecular flexibility index (Phi) is 7.57. The molecule has 28 heavy (non-hydrogen) atoms. The summed E-state index contributed by atoms with van der Waals surface area (Å²) in [6.07, 6.45) is 0. The van der Waals surface area contributed by atoms with Gasteiger partial charge in [0.05, 0.1) is 6.54 Å². The van der Waals surface area contributed by atoms with E-state index in [0.717, 1.165) is 6.54 Å². The zero-order valence-electron chi connectivity index (χ0n) is 16.2. The number of rotatable bonds is 5. The van der Waals surface area contributed by atoms with Gasteiger partial charge in [0.2, 0.25) is 5.91 Å². The smallest absolute Gasteiger partial charge is 0.253 e. The second-order valence-electron chi connectivity index (χ2n) is 7.20. The number of carbonyl (C=O) groups excluding carboxylic acids is 2. The zero-order chi connectivity index (χ0) is 19.4. The number of benzene rings is 2. The van der Waals surface area contributed by atoms with Crippen molar-refractivity contribution in [2.45, 2.75) is 12.0 Å². The molecule has 0 saturated carbocycles. The van der Waals surface area contributed by atoms with Crippen LogP contribution in [-0.4, -0.2) is 61.4 Å². The lowest BCUT2D eigenvalue weighted by Crippen LogP contribution is -2.33. The Morgan fingerprint density at radius 1 is 1.11 bits per heavy atom. The molecule has 0 aromatic heterocycles. The third-order valence-corrected chi connectivity index (χ3v) is 4.84. The van der Waals surface area contributed by atoms with Gasteiger partial charge in [-0.05, 0) is 23.8 Å². The Balaban J connectivity index is 0.00000280. The molecule has 0 aliphatic carbocycles. The normalized spacial score (nSPS) is 19.0. The molecule has 1 aliphatic rings. The minimum Gasteiger partial charge on any atom is -0.345 e. The molecule has 2 atom stereocenters. The Bertz CT molecular complexity index is 813. The molecule has 2 aromatic rings. The van der Waals surface area contributed by atoms with Crippen LogP contribution in [-0.2, 0) is 4.79 Å². The summed E-state index contributed by atoms with van der Waals surface area (Å²) in [4.78, 5) is 28.1. The molecule has 1 fully saturated rings. The van der Waals surface area contributed by atoms with E-state index in [2.05, 4.69) is 22.3 Å². The maximum atomic E-state index is 12.4. The number of nitrogens with two attached hydrogens (primary N) is 1. The lowest BCUT2D eigenvalue weighted by atomic mass is 9.95. The Hall–Kier alpha value is -2.41. The highest BCUT2D eigenvalue weighted by atomic mass is 35.5. The van der Waals surface area contributed by atoms with E-state index >= 15 is 0 Å². The highest BCUT2D eigenvalue weighted by Crippen LogP contribution is 2.26. The van der Waals surface area contributed by atoms with E-state index in [1.807, 2.05) is 18.2 Å². The van der Waals surface area contributed by atoms with Crippen molar-refractivity contribution in [2.75, 3.05) is 39.0 Å². The first-order chi connectivity index (χ1) is 12.9. The van der Waals surface area contributed by atoms with E-state index in [9.17, 15) is 9.59 Å². The first-order valence-electron chi connectivity index (χ1n) is 9.08. The minimum atomic E-state index is -0.106. The predicted molar refractivity (Wildman–Crippen MR) is 114 cm³/mol. The Labute approximate surface area is 172 Å². The van der Waals surface area contributed by atoms with Crippen molar-refractivity contribution in [2.24, 2.45) is 5.73 Å². The molecule has 2 aromatic carbocycles. The molecule has 0 radical (unpaired) electrons. The Morgan fingerprint density at radius 3 is 2.50 bits per heavy atom. The van der Waals surface area contributed by atoms with Crippen LogP contribution in [0.1, 0.15) is 21.8 Å². The van der Waals surface area contributed by atoms with Gasteiger partial charge >= 0.3 is 0 Å². The average Bonchev–Trinajstić information content (AvgIpc) is 3.01. The lowest BCUT2D eigenvalue weighted by molar-refractivity contribution is -0.117. The maximum absolute atomic E-state index is 12.4. The van der Waals surface area contributed by atoms with Gasteiger partial charge in [-0.3, -0.25) is 14.5 Å². The summed E-state index contributed by atoms with van der Waals surface area (Å²) >= 11 is 0.